The molecule has 47 heavy (non-hydrogen) atoms. The highest BCUT2D eigenvalue weighted by atomic mass is 16.3. The van der Waals surface area contributed by atoms with Gasteiger partial charge in [-0.15, -0.1) is 0 Å². The van der Waals surface area contributed by atoms with Gasteiger partial charge in [-0.2, -0.15) is 0 Å². The third-order valence-corrected chi connectivity index (χ3v) is 8.61. The van der Waals surface area contributed by atoms with Gasteiger partial charge in [-0.25, -0.2) is 9.97 Å². The first-order chi connectivity index (χ1) is 23.0. The molecule has 4 aromatic heterocycles. The molecule has 0 saturated heterocycles. The van der Waals surface area contributed by atoms with Crippen LogP contribution in [0.3, 0.4) is 0 Å². The van der Waals surface area contributed by atoms with Crippen LogP contribution < -0.4 is 0 Å². The SMILES string of the molecule is CCCCc1cc(-c2ccccn2)c(O)c(-c2cccc(-c3cccc(-c4cc([C@@H](C)CCC)cc(-c5ccccn5)c4O)n3)n2)c1. The lowest BCUT2D eigenvalue weighted by Gasteiger charge is -2.17. The fourth-order valence-corrected chi connectivity index (χ4v) is 6.04. The summed E-state index contributed by atoms with van der Waals surface area (Å²) >= 11 is 0. The van der Waals surface area contributed by atoms with Crippen molar-refractivity contribution in [3.8, 4) is 67.9 Å². The Morgan fingerprint density at radius 2 is 1.02 bits per heavy atom. The molecule has 0 unspecified atom stereocenters. The molecule has 2 N–H and O–H groups in total. The summed E-state index contributed by atoms with van der Waals surface area (Å²) in [6, 6.07) is 31.2. The summed E-state index contributed by atoms with van der Waals surface area (Å²) in [6.07, 6.45) is 8.59. The fourth-order valence-electron chi connectivity index (χ4n) is 6.04. The van der Waals surface area contributed by atoms with Crippen LogP contribution in [0.1, 0.15) is 63.5 Å². The molecule has 2 aromatic carbocycles. The van der Waals surface area contributed by atoms with E-state index in [1.807, 2.05) is 84.9 Å². The van der Waals surface area contributed by atoms with Crippen LogP contribution in [0.4, 0.5) is 0 Å². The molecule has 0 amide bonds. The van der Waals surface area contributed by atoms with Gasteiger partial charge in [-0.1, -0.05) is 57.9 Å². The Kier molecular flexibility index (Phi) is 9.67. The summed E-state index contributed by atoms with van der Waals surface area (Å²) in [4.78, 5) is 19.1. The van der Waals surface area contributed by atoms with Crippen molar-refractivity contribution in [3.63, 3.8) is 0 Å². The molecule has 0 aliphatic heterocycles. The Morgan fingerprint density at radius 3 is 1.51 bits per heavy atom. The summed E-state index contributed by atoms with van der Waals surface area (Å²) in [5.41, 5.74) is 9.04. The first-order valence-electron chi connectivity index (χ1n) is 16.5. The molecule has 0 spiro atoms. The molecular formula is C41H40N4O2. The number of hydrogen-bond donors (Lipinski definition) is 2. The van der Waals surface area contributed by atoms with Crippen molar-refractivity contribution in [2.75, 3.05) is 0 Å². The largest absolute Gasteiger partial charge is 0.507 e. The predicted molar refractivity (Wildman–Crippen MR) is 190 cm³/mol. The summed E-state index contributed by atoms with van der Waals surface area (Å²) < 4.78 is 0. The van der Waals surface area contributed by atoms with E-state index in [9.17, 15) is 10.2 Å². The summed E-state index contributed by atoms with van der Waals surface area (Å²) in [5, 5.41) is 23.1. The van der Waals surface area contributed by atoms with Crippen molar-refractivity contribution in [2.45, 2.75) is 58.8 Å². The number of unbranched alkanes of at least 4 members (excludes halogenated alkanes) is 1. The van der Waals surface area contributed by atoms with Gasteiger partial charge in [0.2, 0.25) is 0 Å². The number of aromatic hydroxyl groups is 2. The van der Waals surface area contributed by atoms with Crippen molar-refractivity contribution >= 4 is 0 Å². The third-order valence-electron chi connectivity index (χ3n) is 8.61. The van der Waals surface area contributed by atoms with Crippen LogP contribution in [0.15, 0.2) is 109 Å². The monoisotopic (exact) mass is 620 g/mol. The molecule has 0 bridgehead atoms. The molecule has 6 rings (SSSR count). The van der Waals surface area contributed by atoms with Gasteiger partial charge in [-0.3, -0.25) is 9.97 Å². The van der Waals surface area contributed by atoms with Crippen LogP contribution in [-0.4, -0.2) is 30.1 Å². The second-order valence-corrected chi connectivity index (χ2v) is 12.0. The summed E-state index contributed by atoms with van der Waals surface area (Å²) in [5.74, 6) is 0.610. The lowest BCUT2D eigenvalue weighted by atomic mass is 9.90. The maximum atomic E-state index is 11.6. The standard InChI is InChI=1S/C41H40N4O2/c1-4-6-14-28-23-30(34-15-7-9-21-42-34)40(46)31(24-28)36-17-11-19-38(44-36)39-20-12-18-37(45-39)33-26-29(27(3)13-5-2)25-32(41(33)47)35-16-8-10-22-43-35/h7-12,15-27,46-47H,4-6,13-14H2,1-3H3/t27-/m0/s1. The van der Waals surface area contributed by atoms with Crippen molar-refractivity contribution in [1.82, 2.24) is 19.9 Å². The van der Waals surface area contributed by atoms with E-state index in [1.54, 1.807) is 12.4 Å². The second-order valence-electron chi connectivity index (χ2n) is 12.0. The molecule has 6 nitrogen and oxygen atoms in total. The molecule has 0 aliphatic rings. The first-order valence-corrected chi connectivity index (χ1v) is 16.5. The van der Waals surface area contributed by atoms with Crippen LogP contribution >= 0.6 is 0 Å². The molecule has 0 radical (unpaired) electrons. The van der Waals surface area contributed by atoms with Crippen LogP contribution in [0, 0.1) is 0 Å². The van der Waals surface area contributed by atoms with Gasteiger partial charge < -0.3 is 10.2 Å². The van der Waals surface area contributed by atoms with Crippen molar-refractivity contribution in [2.24, 2.45) is 0 Å². The smallest absolute Gasteiger partial charge is 0.134 e. The zero-order chi connectivity index (χ0) is 32.8. The molecule has 0 fully saturated rings. The van der Waals surface area contributed by atoms with E-state index >= 15 is 0 Å². The number of aryl methyl sites for hydroxylation is 1. The molecule has 6 aromatic rings. The molecule has 1 atom stereocenters. The minimum absolute atomic E-state index is 0.151. The van der Waals surface area contributed by atoms with Gasteiger partial charge in [-0.05, 0) is 109 Å². The van der Waals surface area contributed by atoms with Crippen LogP contribution in [0.2, 0.25) is 0 Å². The average Bonchev–Trinajstić information content (AvgIpc) is 3.12. The number of hydrogen-bond acceptors (Lipinski definition) is 6. The number of aromatic nitrogens is 4. The van der Waals surface area contributed by atoms with E-state index < -0.39 is 0 Å². The molecule has 236 valence electrons. The van der Waals surface area contributed by atoms with E-state index in [2.05, 4.69) is 42.9 Å². The fraction of sp³-hybridized carbons (Fsp3) is 0.220. The Bertz CT molecular complexity index is 1980. The Labute approximate surface area is 276 Å². The van der Waals surface area contributed by atoms with Gasteiger partial charge in [0.1, 0.15) is 11.5 Å². The van der Waals surface area contributed by atoms with Crippen LogP contribution in [-0.2, 0) is 6.42 Å². The number of phenols is 2. The number of pyridine rings is 4. The zero-order valence-corrected chi connectivity index (χ0v) is 27.2. The first kappa shape index (κ1) is 31.6. The predicted octanol–water partition coefficient (Wildman–Crippen LogP) is 10.3. The lowest BCUT2D eigenvalue weighted by Crippen LogP contribution is -1.98. The summed E-state index contributed by atoms with van der Waals surface area (Å²) in [6.45, 7) is 6.57. The van der Waals surface area contributed by atoms with Gasteiger partial charge in [0.05, 0.1) is 34.2 Å². The number of rotatable bonds is 11. The van der Waals surface area contributed by atoms with E-state index in [0.29, 0.717) is 56.6 Å². The number of benzene rings is 2. The molecule has 4 heterocycles. The van der Waals surface area contributed by atoms with Gasteiger partial charge >= 0.3 is 0 Å². The third kappa shape index (κ3) is 6.92. The highest BCUT2D eigenvalue weighted by molar-refractivity contribution is 5.83. The van der Waals surface area contributed by atoms with Gasteiger partial charge in [0, 0.05) is 34.6 Å². The molecule has 0 aliphatic carbocycles. The Morgan fingerprint density at radius 1 is 0.553 bits per heavy atom. The number of nitrogens with zero attached hydrogens (tertiary/aromatic N) is 4. The second kappa shape index (κ2) is 14.4. The van der Waals surface area contributed by atoms with Gasteiger partial charge in [0.25, 0.3) is 0 Å². The van der Waals surface area contributed by atoms with Crippen molar-refractivity contribution in [3.05, 3.63) is 121 Å². The Hall–Kier alpha value is -5.36. The minimum atomic E-state index is 0.151. The highest BCUT2D eigenvalue weighted by Gasteiger charge is 2.19. The maximum Gasteiger partial charge on any atom is 0.134 e. The van der Waals surface area contributed by atoms with E-state index in [1.165, 1.54) is 0 Å². The molecule has 6 heteroatoms. The van der Waals surface area contributed by atoms with Crippen molar-refractivity contribution in [1.29, 1.82) is 0 Å². The normalized spacial score (nSPS) is 11.8. The maximum absolute atomic E-state index is 11.6. The molecular weight excluding hydrogens is 580 g/mol. The van der Waals surface area contributed by atoms with Gasteiger partial charge in [0.15, 0.2) is 0 Å². The van der Waals surface area contributed by atoms with E-state index in [0.717, 1.165) is 48.9 Å². The average molecular weight is 621 g/mol. The topological polar surface area (TPSA) is 92.0 Å². The zero-order valence-electron chi connectivity index (χ0n) is 27.2. The van der Waals surface area contributed by atoms with Crippen LogP contribution in [0.25, 0.3) is 56.4 Å². The van der Waals surface area contributed by atoms with E-state index in [4.69, 9.17) is 9.97 Å². The minimum Gasteiger partial charge on any atom is -0.507 e. The van der Waals surface area contributed by atoms with E-state index in [-0.39, 0.29) is 11.5 Å². The quantitative estimate of drug-likeness (QED) is 0.150. The Balaban J connectivity index is 1.44. The highest BCUT2D eigenvalue weighted by Crippen LogP contribution is 2.42. The molecule has 0 saturated carbocycles. The summed E-state index contributed by atoms with van der Waals surface area (Å²) in [7, 11) is 0. The lowest BCUT2D eigenvalue weighted by molar-refractivity contribution is 0.478. The van der Waals surface area contributed by atoms with Crippen molar-refractivity contribution < 1.29 is 10.2 Å². The van der Waals surface area contributed by atoms with Crippen LogP contribution in [0.5, 0.6) is 11.5 Å². The number of phenolic OH excluding ortho intramolecular Hbond substituents is 2.